The summed E-state index contributed by atoms with van der Waals surface area (Å²) in [6, 6.07) is 13.7. The molecule has 2 aromatic rings. The Morgan fingerprint density at radius 2 is 1.77 bits per heavy atom. The highest BCUT2D eigenvalue weighted by atomic mass is 16.5. The van der Waals surface area contributed by atoms with Gasteiger partial charge in [0.25, 0.3) is 5.91 Å². The number of nitrogens with one attached hydrogen (secondary N) is 3. The van der Waals surface area contributed by atoms with E-state index in [1.165, 1.54) is 7.11 Å². The van der Waals surface area contributed by atoms with Gasteiger partial charge in [-0.3, -0.25) is 10.1 Å². The first kappa shape index (κ1) is 17.3. The summed E-state index contributed by atoms with van der Waals surface area (Å²) in [4.78, 5) is 24.3. The fraction of sp³-hybridized carbons (Fsp3) is 0.158. The van der Waals surface area contributed by atoms with Gasteiger partial charge in [0, 0.05) is 22.5 Å². The number of para-hydroxylation sites is 2. The van der Waals surface area contributed by atoms with Gasteiger partial charge in [-0.25, -0.2) is 4.79 Å². The number of amides is 2. The molecule has 0 aliphatic carbocycles. The topological polar surface area (TPSA) is 99.7 Å². The molecule has 7 nitrogen and oxygen atoms in total. The summed E-state index contributed by atoms with van der Waals surface area (Å²) >= 11 is 0. The third kappa shape index (κ3) is 3.32. The first-order chi connectivity index (χ1) is 12.5. The Morgan fingerprint density at radius 1 is 1.12 bits per heavy atom. The van der Waals surface area contributed by atoms with Crippen LogP contribution in [-0.4, -0.2) is 24.2 Å². The number of carbonyl (C=O) groups is 2. The van der Waals surface area contributed by atoms with Gasteiger partial charge in [0.2, 0.25) is 0 Å². The van der Waals surface area contributed by atoms with Crippen molar-refractivity contribution in [3.05, 3.63) is 71.1 Å². The number of allylic oxidation sites excluding steroid dienone is 1. The first-order valence-corrected chi connectivity index (χ1v) is 8.01. The van der Waals surface area contributed by atoms with Crippen LogP contribution in [0.4, 0.5) is 10.5 Å². The van der Waals surface area contributed by atoms with E-state index in [1.54, 1.807) is 31.2 Å². The van der Waals surface area contributed by atoms with Crippen molar-refractivity contribution in [2.45, 2.75) is 13.0 Å². The summed E-state index contributed by atoms with van der Waals surface area (Å²) in [6.45, 7) is 1.60. The van der Waals surface area contributed by atoms with Gasteiger partial charge in [0.05, 0.1) is 13.2 Å². The number of anilines is 1. The van der Waals surface area contributed by atoms with Crippen LogP contribution >= 0.6 is 0 Å². The summed E-state index contributed by atoms with van der Waals surface area (Å²) in [7, 11) is 1.25. The maximum Gasteiger partial charge on any atom is 0.411 e. The Bertz CT molecular complexity index is 892. The Hall–Kier alpha value is -3.48. The number of methoxy groups -OCH3 is 1. The predicted molar refractivity (Wildman–Crippen MR) is 96.4 cm³/mol. The molecule has 1 atom stereocenters. The average molecular weight is 353 g/mol. The molecule has 134 valence electrons. The van der Waals surface area contributed by atoms with E-state index >= 15 is 0 Å². The van der Waals surface area contributed by atoms with Gasteiger partial charge in [-0.1, -0.05) is 36.4 Å². The summed E-state index contributed by atoms with van der Waals surface area (Å²) < 4.78 is 4.58. The van der Waals surface area contributed by atoms with Crippen LogP contribution in [0.3, 0.4) is 0 Å². The van der Waals surface area contributed by atoms with Crippen LogP contribution < -0.4 is 16.0 Å². The molecule has 0 saturated heterocycles. The van der Waals surface area contributed by atoms with Crippen LogP contribution in [0.1, 0.15) is 24.1 Å². The standard InChI is InChI=1S/C19H19N3O4/c1-11(20-19(25)26-2)16-18(24)22-17(13-8-4-6-10-15(13)23)12-7-3-5-9-14(12)21-16/h3-10,17,21,23H,1-2H3,(H,20,25)(H,22,24)/b16-11+. The SMILES string of the molecule is COC(=O)N/C(C)=C1/Nc2ccccc2C(c2ccccc2O)NC1=O. The molecule has 2 aromatic carbocycles. The molecule has 1 aliphatic rings. The van der Waals surface area contributed by atoms with Crippen LogP contribution in [0.15, 0.2) is 59.9 Å². The monoisotopic (exact) mass is 353 g/mol. The van der Waals surface area contributed by atoms with Crippen molar-refractivity contribution < 1.29 is 19.4 Å². The lowest BCUT2D eigenvalue weighted by atomic mass is 9.96. The molecule has 26 heavy (non-hydrogen) atoms. The van der Waals surface area contributed by atoms with E-state index in [-0.39, 0.29) is 11.4 Å². The zero-order valence-electron chi connectivity index (χ0n) is 14.4. The Balaban J connectivity index is 2.08. The van der Waals surface area contributed by atoms with Crippen LogP contribution in [0.25, 0.3) is 0 Å². The quantitative estimate of drug-likeness (QED) is 0.622. The van der Waals surface area contributed by atoms with Crippen LogP contribution in [0, 0.1) is 0 Å². The minimum atomic E-state index is -0.667. The fourth-order valence-electron chi connectivity index (χ4n) is 2.84. The molecule has 0 saturated carbocycles. The van der Waals surface area contributed by atoms with E-state index in [0.717, 1.165) is 5.56 Å². The second-order valence-corrected chi connectivity index (χ2v) is 5.79. The van der Waals surface area contributed by atoms with Gasteiger partial charge in [0.1, 0.15) is 11.4 Å². The third-order valence-corrected chi connectivity index (χ3v) is 4.13. The zero-order valence-corrected chi connectivity index (χ0v) is 14.4. The summed E-state index contributed by atoms with van der Waals surface area (Å²) in [5.41, 5.74) is 2.58. The minimum absolute atomic E-state index is 0.0874. The molecule has 7 heteroatoms. The van der Waals surface area contributed by atoms with Crippen molar-refractivity contribution in [2.75, 3.05) is 12.4 Å². The lowest BCUT2D eigenvalue weighted by molar-refractivity contribution is -0.117. The lowest BCUT2D eigenvalue weighted by Gasteiger charge is -2.19. The van der Waals surface area contributed by atoms with Crippen molar-refractivity contribution in [1.82, 2.24) is 10.6 Å². The number of phenols is 1. The number of hydrogen-bond acceptors (Lipinski definition) is 5. The van der Waals surface area contributed by atoms with Crippen LogP contribution in [0.5, 0.6) is 5.75 Å². The number of phenolic OH excluding ortho intramolecular Hbond substituents is 1. The second-order valence-electron chi connectivity index (χ2n) is 5.79. The highest BCUT2D eigenvalue weighted by molar-refractivity contribution is 5.99. The number of fused-ring (bicyclic) bond motifs is 1. The van der Waals surface area contributed by atoms with Crippen molar-refractivity contribution >= 4 is 17.7 Å². The van der Waals surface area contributed by atoms with Crippen molar-refractivity contribution in [3.63, 3.8) is 0 Å². The van der Waals surface area contributed by atoms with Crippen LogP contribution in [-0.2, 0) is 9.53 Å². The van der Waals surface area contributed by atoms with E-state index in [9.17, 15) is 14.7 Å². The number of carbonyl (C=O) groups excluding carboxylic acids is 2. The average Bonchev–Trinajstić information content (AvgIpc) is 2.79. The van der Waals surface area contributed by atoms with Gasteiger partial charge >= 0.3 is 6.09 Å². The molecule has 0 radical (unpaired) electrons. The highest BCUT2D eigenvalue weighted by Crippen LogP contribution is 2.35. The molecular formula is C19H19N3O4. The summed E-state index contributed by atoms with van der Waals surface area (Å²) in [5.74, 6) is -0.326. The summed E-state index contributed by atoms with van der Waals surface area (Å²) in [5, 5.41) is 18.7. The second kappa shape index (κ2) is 7.18. The maximum atomic E-state index is 12.8. The van der Waals surface area contributed by atoms with Gasteiger partial charge in [-0.05, 0) is 19.1 Å². The van der Waals surface area contributed by atoms with E-state index in [1.807, 2.05) is 24.3 Å². The molecule has 4 N–H and O–H groups in total. The van der Waals surface area contributed by atoms with Gasteiger partial charge in [-0.15, -0.1) is 0 Å². The molecule has 1 aliphatic heterocycles. The normalized spacial score (nSPS) is 17.9. The maximum absolute atomic E-state index is 12.8. The van der Waals surface area contributed by atoms with E-state index < -0.39 is 18.0 Å². The molecule has 0 fully saturated rings. The first-order valence-electron chi connectivity index (χ1n) is 8.01. The molecular weight excluding hydrogens is 334 g/mol. The molecule has 1 unspecified atom stereocenters. The van der Waals surface area contributed by atoms with E-state index in [0.29, 0.717) is 16.9 Å². The molecule has 0 spiro atoms. The van der Waals surface area contributed by atoms with Crippen LogP contribution in [0.2, 0.25) is 0 Å². The Kier molecular flexibility index (Phi) is 4.79. The Labute approximate surface area is 150 Å². The van der Waals surface area contributed by atoms with Crippen molar-refractivity contribution in [2.24, 2.45) is 0 Å². The fourth-order valence-corrected chi connectivity index (χ4v) is 2.84. The van der Waals surface area contributed by atoms with Gasteiger partial charge in [0.15, 0.2) is 0 Å². The van der Waals surface area contributed by atoms with Gasteiger partial charge < -0.3 is 20.5 Å². The largest absolute Gasteiger partial charge is 0.508 e. The van der Waals surface area contributed by atoms with E-state index in [2.05, 4.69) is 20.7 Å². The number of aromatic hydroxyl groups is 1. The zero-order chi connectivity index (χ0) is 18.7. The number of alkyl carbamates (subject to hydrolysis) is 1. The third-order valence-electron chi connectivity index (χ3n) is 4.13. The number of hydrogen-bond donors (Lipinski definition) is 4. The molecule has 0 bridgehead atoms. The number of rotatable bonds is 2. The van der Waals surface area contributed by atoms with Crippen molar-refractivity contribution in [3.8, 4) is 5.75 Å². The Morgan fingerprint density at radius 3 is 2.46 bits per heavy atom. The summed E-state index contributed by atoms with van der Waals surface area (Å²) in [6.07, 6.45) is -0.667. The smallest absolute Gasteiger partial charge is 0.411 e. The predicted octanol–water partition coefficient (Wildman–Crippen LogP) is 2.61. The van der Waals surface area contributed by atoms with E-state index in [4.69, 9.17) is 0 Å². The molecule has 3 rings (SSSR count). The minimum Gasteiger partial charge on any atom is -0.508 e. The van der Waals surface area contributed by atoms with Crippen molar-refractivity contribution in [1.29, 1.82) is 0 Å². The lowest BCUT2D eigenvalue weighted by Crippen LogP contribution is -2.33. The highest BCUT2D eigenvalue weighted by Gasteiger charge is 2.29. The molecule has 2 amide bonds. The molecule has 1 heterocycles. The molecule has 0 aromatic heterocycles. The number of benzene rings is 2. The van der Waals surface area contributed by atoms with Gasteiger partial charge in [-0.2, -0.15) is 0 Å². The number of ether oxygens (including phenoxy) is 1.